The molecule has 6 heteroatoms. The zero-order chi connectivity index (χ0) is 16.7. The Morgan fingerprint density at radius 1 is 1.32 bits per heavy atom. The summed E-state index contributed by atoms with van der Waals surface area (Å²) in [4.78, 5) is 25.6. The van der Waals surface area contributed by atoms with Crippen LogP contribution in [0, 0.1) is 11.7 Å². The number of aliphatic hydroxyl groups is 1. The molecule has 0 aromatic heterocycles. The third-order valence-corrected chi connectivity index (χ3v) is 3.55. The van der Waals surface area contributed by atoms with Crippen molar-refractivity contribution >= 4 is 11.9 Å². The quantitative estimate of drug-likeness (QED) is 0.780. The van der Waals surface area contributed by atoms with E-state index in [-0.39, 0.29) is 19.1 Å². The van der Waals surface area contributed by atoms with Crippen molar-refractivity contribution in [2.45, 2.75) is 26.3 Å². The van der Waals surface area contributed by atoms with Crippen molar-refractivity contribution in [1.29, 1.82) is 0 Å². The Hall–Kier alpha value is -1.95. The summed E-state index contributed by atoms with van der Waals surface area (Å²) in [6, 6.07) is 4.77. The molecule has 0 heterocycles. The Labute approximate surface area is 129 Å². The van der Waals surface area contributed by atoms with Crippen molar-refractivity contribution in [1.82, 2.24) is 4.90 Å². The van der Waals surface area contributed by atoms with Crippen LogP contribution >= 0.6 is 0 Å². The SMILES string of the molecule is CCC(CO)N(CC(C)C(=O)OC)C(=O)c1ccc(F)cc1. The molecule has 0 radical (unpaired) electrons. The van der Waals surface area contributed by atoms with E-state index in [0.29, 0.717) is 12.0 Å². The summed E-state index contributed by atoms with van der Waals surface area (Å²) < 4.78 is 17.6. The van der Waals surface area contributed by atoms with Gasteiger partial charge in [-0.05, 0) is 30.7 Å². The van der Waals surface area contributed by atoms with Crippen molar-refractivity contribution in [3.63, 3.8) is 0 Å². The molecular formula is C16H22FNO4. The summed E-state index contributed by atoms with van der Waals surface area (Å²) >= 11 is 0. The second kappa shape index (κ2) is 8.48. The number of carbonyl (C=O) groups excluding carboxylic acids is 2. The maximum Gasteiger partial charge on any atom is 0.310 e. The molecule has 5 nitrogen and oxygen atoms in total. The largest absolute Gasteiger partial charge is 0.469 e. The fourth-order valence-electron chi connectivity index (χ4n) is 2.17. The molecular weight excluding hydrogens is 289 g/mol. The van der Waals surface area contributed by atoms with Gasteiger partial charge in [0, 0.05) is 12.1 Å². The first-order valence-corrected chi connectivity index (χ1v) is 7.19. The summed E-state index contributed by atoms with van der Waals surface area (Å²) in [5.41, 5.74) is 0.311. The number of benzene rings is 1. The number of aliphatic hydroxyl groups excluding tert-OH is 1. The zero-order valence-electron chi connectivity index (χ0n) is 13.1. The molecule has 1 aromatic rings. The topological polar surface area (TPSA) is 66.8 Å². The molecule has 1 N–H and O–H groups in total. The van der Waals surface area contributed by atoms with E-state index < -0.39 is 23.7 Å². The minimum absolute atomic E-state index is 0.127. The number of esters is 1. The number of hydrogen-bond acceptors (Lipinski definition) is 4. The van der Waals surface area contributed by atoms with Crippen molar-refractivity contribution in [2.24, 2.45) is 5.92 Å². The molecule has 0 bridgehead atoms. The first kappa shape index (κ1) is 18.1. The molecule has 0 aliphatic rings. The third-order valence-electron chi connectivity index (χ3n) is 3.55. The van der Waals surface area contributed by atoms with Crippen molar-refractivity contribution in [2.75, 3.05) is 20.3 Å². The van der Waals surface area contributed by atoms with Gasteiger partial charge in [0.1, 0.15) is 5.82 Å². The second-order valence-corrected chi connectivity index (χ2v) is 5.13. The molecule has 1 amide bonds. The molecule has 0 spiro atoms. The van der Waals surface area contributed by atoms with Gasteiger partial charge in [0.05, 0.1) is 25.7 Å². The van der Waals surface area contributed by atoms with Crippen LogP contribution in [-0.4, -0.2) is 48.2 Å². The molecule has 0 saturated heterocycles. The average Bonchev–Trinajstić information content (AvgIpc) is 2.54. The molecule has 122 valence electrons. The van der Waals surface area contributed by atoms with E-state index in [1.54, 1.807) is 6.92 Å². The van der Waals surface area contributed by atoms with E-state index in [0.717, 1.165) is 0 Å². The number of hydrogen-bond donors (Lipinski definition) is 1. The lowest BCUT2D eigenvalue weighted by Gasteiger charge is -2.31. The molecule has 0 saturated carbocycles. The van der Waals surface area contributed by atoms with Gasteiger partial charge in [0.15, 0.2) is 0 Å². The number of halogens is 1. The van der Waals surface area contributed by atoms with E-state index in [9.17, 15) is 19.1 Å². The van der Waals surface area contributed by atoms with Crippen LogP contribution in [0.15, 0.2) is 24.3 Å². The van der Waals surface area contributed by atoms with Crippen molar-refractivity contribution in [3.05, 3.63) is 35.6 Å². The lowest BCUT2D eigenvalue weighted by Crippen LogP contribution is -2.45. The fraction of sp³-hybridized carbons (Fsp3) is 0.500. The lowest BCUT2D eigenvalue weighted by molar-refractivity contribution is -0.145. The Bertz CT molecular complexity index is 499. The van der Waals surface area contributed by atoms with Gasteiger partial charge < -0.3 is 14.7 Å². The molecule has 0 aliphatic heterocycles. The first-order chi connectivity index (χ1) is 10.4. The number of nitrogens with zero attached hydrogens (tertiary/aromatic N) is 1. The number of amides is 1. The molecule has 0 fully saturated rings. The maximum atomic E-state index is 13.0. The van der Waals surface area contributed by atoms with Crippen LogP contribution in [0.4, 0.5) is 4.39 Å². The van der Waals surface area contributed by atoms with Crippen LogP contribution in [0.5, 0.6) is 0 Å². The van der Waals surface area contributed by atoms with E-state index in [2.05, 4.69) is 4.74 Å². The summed E-state index contributed by atoms with van der Waals surface area (Å²) in [6.45, 7) is 3.41. The van der Waals surface area contributed by atoms with Gasteiger partial charge >= 0.3 is 5.97 Å². The van der Waals surface area contributed by atoms with Gasteiger partial charge in [-0.3, -0.25) is 9.59 Å². The summed E-state index contributed by atoms with van der Waals surface area (Å²) in [7, 11) is 1.29. The van der Waals surface area contributed by atoms with Crippen LogP contribution in [0.25, 0.3) is 0 Å². The minimum atomic E-state index is -0.519. The normalized spacial score (nSPS) is 13.3. The first-order valence-electron chi connectivity index (χ1n) is 7.19. The highest BCUT2D eigenvalue weighted by atomic mass is 19.1. The highest BCUT2D eigenvalue weighted by Crippen LogP contribution is 2.15. The number of methoxy groups -OCH3 is 1. The van der Waals surface area contributed by atoms with Crippen LogP contribution in [0.3, 0.4) is 0 Å². The van der Waals surface area contributed by atoms with Crippen LogP contribution < -0.4 is 0 Å². The predicted molar refractivity (Wildman–Crippen MR) is 79.8 cm³/mol. The Morgan fingerprint density at radius 2 is 1.91 bits per heavy atom. The molecule has 2 unspecified atom stereocenters. The standard InChI is InChI=1S/C16H22FNO4/c1-4-14(10-19)18(9-11(2)16(21)22-3)15(20)12-5-7-13(17)8-6-12/h5-8,11,14,19H,4,9-10H2,1-3H3. The summed E-state index contributed by atoms with van der Waals surface area (Å²) in [6.07, 6.45) is 0.539. The zero-order valence-corrected chi connectivity index (χ0v) is 13.1. The third kappa shape index (κ3) is 4.53. The maximum absolute atomic E-state index is 13.0. The number of carbonyl (C=O) groups is 2. The molecule has 0 aliphatic carbocycles. The average molecular weight is 311 g/mol. The Balaban J connectivity index is 3.01. The van der Waals surface area contributed by atoms with Gasteiger partial charge in [0.25, 0.3) is 5.91 Å². The van der Waals surface area contributed by atoms with E-state index in [1.165, 1.54) is 36.3 Å². The highest BCUT2D eigenvalue weighted by molar-refractivity contribution is 5.94. The Kier molecular flexibility index (Phi) is 6.98. The smallest absolute Gasteiger partial charge is 0.310 e. The van der Waals surface area contributed by atoms with Crippen molar-refractivity contribution in [3.8, 4) is 0 Å². The second-order valence-electron chi connectivity index (χ2n) is 5.13. The number of ether oxygens (including phenoxy) is 1. The van der Waals surface area contributed by atoms with Crippen LogP contribution in [0.2, 0.25) is 0 Å². The van der Waals surface area contributed by atoms with Crippen LogP contribution in [-0.2, 0) is 9.53 Å². The van der Waals surface area contributed by atoms with Gasteiger partial charge in [-0.1, -0.05) is 13.8 Å². The van der Waals surface area contributed by atoms with Gasteiger partial charge in [0.2, 0.25) is 0 Å². The van der Waals surface area contributed by atoms with E-state index in [4.69, 9.17) is 0 Å². The highest BCUT2D eigenvalue weighted by Gasteiger charge is 2.27. The predicted octanol–water partition coefficient (Wildman–Crippen LogP) is 1.85. The summed E-state index contributed by atoms with van der Waals surface area (Å²) in [5.74, 6) is -1.73. The van der Waals surface area contributed by atoms with Gasteiger partial charge in [-0.2, -0.15) is 0 Å². The van der Waals surface area contributed by atoms with E-state index >= 15 is 0 Å². The van der Waals surface area contributed by atoms with Gasteiger partial charge in [-0.25, -0.2) is 4.39 Å². The van der Waals surface area contributed by atoms with Crippen LogP contribution in [0.1, 0.15) is 30.6 Å². The molecule has 22 heavy (non-hydrogen) atoms. The van der Waals surface area contributed by atoms with Gasteiger partial charge in [-0.15, -0.1) is 0 Å². The fourth-order valence-corrected chi connectivity index (χ4v) is 2.17. The lowest BCUT2D eigenvalue weighted by atomic mass is 10.1. The Morgan fingerprint density at radius 3 is 2.36 bits per heavy atom. The van der Waals surface area contributed by atoms with E-state index in [1.807, 2.05) is 6.92 Å². The molecule has 2 atom stereocenters. The summed E-state index contributed by atoms with van der Waals surface area (Å²) in [5, 5.41) is 9.47. The number of rotatable bonds is 7. The molecule has 1 aromatic carbocycles. The molecule has 1 rings (SSSR count). The van der Waals surface area contributed by atoms with Crippen molar-refractivity contribution < 1.29 is 23.8 Å². The monoisotopic (exact) mass is 311 g/mol. The minimum Gasteiger partial charge on any atom is -0.469 e.